The summed E-state index contributed by atoms with van der Waals surface area (Å²) in [5, 5.41) is 9.15. The summed E-state index contributed by atoms with van der Waals surface area (Å²) < 4.78 is 1.63. The lowest BCUT2D eigenvalue weighted by molar-refractivity contribution is 0.0682. The fourth-order valence-corrected chi connectivity index (χ4v) is 2.03. The lowest BCUT2D eigenvalue weighted by Crippen LogP contribution is -2.22. The topological polar surface area (TPSA) is 57.8 Å². The van der Waals surface area contributed by atoms with Crippen molar-refractivity contribution in [3.63, 3.8) is 0 Å². The highest BCUT2D eigenvalue weighted by atomic mass is 16.4. The Morgan fingerprint density at radius 3 is 2.72 bits per heavy atom. The van der Waals surface area contributed by atoms with E-state index in [2.05, 4.69) is 23.7 Å². The molecule has 0 fully saturated rings. The quantitative estimate of drug-likeness (QED) is 0.876. The van der Waals surface area contributed by atoms with Gasteiger partial charge >= 0.3 is 5.97 Å². The minimum atomic E-state index is -0.998. The van der Waals surface area contributed by atoms with Gasteiger partial charge in [-0.2, -0.15) is 0 Å². The molecule has 2 aromatic rings. The van der Waals surface area contributed by atoms with Crippen LogP contribution in [-0.2, 0) is 6.54 Å². The van der Waals surface area contributed by atoms with Gasteiger partial charge in [0.05, 0.1) is 11.2 Å². The number of rotatable bonds is 5. The number of aromatic nitrogens is 2. The van der Waals surface area contributed by atoms with Crippen LogP contribution in [0.3, 0.4) is 0 Å². The average molecular weight is 247 g/mol. The second-order valence-electron chi connectivity index (χ2n) is 4.10. The van der Waals surface area contributed by atoms with E-state index in [1.54, 1.807) is 10.6 Å². The van der Waals surface area contributed by atoms with E-state index in [9.17, 15) is 4.79 Å². The van der Waals surface area contributed by atoms with Crippen molar-refractivity contribution in [3.8, 4) is 0 Å². The number of carbonyl (C=O) groups is 1. The maximum absolute atomic E-state index is 11.2. The standard InChI is InChI=1S/C13H17N3O2/c1-3-15(4-2)9-10-11-7-5-6-8-16(11)12(14-10)13(17)18/h5-8H,3-4,9H2,1-2H3,(H,17,18). The van der Waals surface area contributed by atoms with Crippen molar-refractivity contribution in [1.82, 2.24) is 14.3 Å². The summed E-state index contributed by atoms with van der Waals surface area (Å²) in [6.45, 7) is 6.68. The highest BCUT2D eigenvalue weighted by Crippen LogP contribution is 2.15. The normalized spacial score (nSPS) is 11.3. The van der Waals surface area contributed by atoms with Gasteiger partial charge in [-0.15, -0.1) is 0 Å². The molecule has 96 valence electrons. The lowest BCUT2D eigenvalue weighted by Gasteiger charge is -2.16. The molecule has 5 nitrogen and oxygen atoms in total. The van der Waals surface area contributed by atoms with E-state index in [4.69, 9.17) is 5.11 Å². The van der Waals surface area contributed by atoms with Crippen LogP contribution in [0.5, 0.6) is 0 Å². The van der Waals surface area contributed by atoms with Gasteiger partial charge in [0.1, 0.15) is 0 Å². The SMILES string of the molecule is CCN(CC)Cc1nc(C(=O)O)n2ccccc12. The Bertz CT molecular complexity index is 558. The van der Waals surface area contributed by atoms with Crippen LogP contribution in [0.2, 0.25) is 0 Å². The zero-order chi connectivity index (χ0) is 13.1. The van der Waals surface area contributed by atoms with Crippen LogP contribution >= 0.6 is 0 Å². The summed E-state index contributed by atoms with van der Waals surface area (Å²) in [4.78, 5) is 17.6. The van der Waals surface area contributed by atoms with Crippen molar-refractivity contribution in [2.75, 3.05) is 13.1 Å². The van der Waals surface area contributed by atoms with Crippen molar-refractivity contribution in [2.45, 2.75) is 20.4 Å². The highest BCUT2D eigenvalue weighted by Gasteiger charge is 2.16. The molecule has 0 unspecified atom stereocenters. The van der Waals surface area contributed by atoms with Crippen molar-refractivity contribution >= 4 is 11.5 Å². The summed E-state index contributed by atoms with van der Waals surface area (Å²) in [5.41, 5.74) is 1.68. The first kappa shape index (κ1) is 12.6. The molecule has 2 aromatic heterocycles. The molecule has 0 spiro atoms. The maximum atomic E-state index is 11.2. The second-order valence-corrected chi connectivity index (χ2v) is 4.10. The Kier molecular flexibility index (Phi) is 3.62. The molecule has 2 heterocycles. The molecular formula is C13H17N3O2. The molecule has 0 saturated heterocycles. The molecule has 0 aliphatic heterocycles. The van der Waals surface area contributed by atoms with Crippen LogP contribution in [0.1, 0.15) is 30.2 Å². The zero-order valence-corrected chi connectivity index (χ0v) is 10.6. The first-order valence-electron chi connectivity index (χ1n) is 6.09. The Labute approximate surface area is 106 Å². The molecule has 0 atom stereocenters. The van der Waals surface area contributed by atoms with E-state index in [1.807, 2.05) is 18.2 Å². The second kappa shape index (κ2) is 5.18. The van der Waals surface area contributed by atoms with Gasteiger partial charge in [-0.3, -0.25) is 9.30 Å². The number of aromatic carboxylic acids is 1. The molecule has 0 radical (unpaired) electrons. The fraction of sp³-hybridized carbons (Fsp3) is 0.385. The highest BCUT2D eigenvalue weighted by molar-refractivity contribution is 5.85. The van der Waals surface area contributed by atoms with Gasteiger partial charge in [-0.1, -0.05) is 19.9 Å². The van der Waals surface area contributed by atoms with Gasteiger partial charge in [0.25, 0.3) is 0 Å². The predicted molar refractivity (Wildman–Crippen MR) is 68.8 cm³/mol. The Balaban J connectivity index is 2.47. The number of fused-ring (bicyclic) bond motifs is 1. The smallest absolute Gasteiger partial charge is 0.372 e. The van der Waals surface area contributed by atoms with Crippen molar-refractivity contribution in [2.24, 2.45) is 0 Å². The molecule has 2 rings (SSSR count). The van der Waals surface area contributed by atoms with Crippen molar-refractivity contribution in [1.29, 1.82) is 0 Å². The average Bonchev–Trinajstić information content (AvgIpc) is 2.75. The van der Waals surface area contributed by atoms with Gasteiger partial charge in [0.15, 0.2) is 0 Å². The van der Waals surface area contributed by atoms with Crippen LogP contribution in [-0.4, -0.2) is 38.4 Å². The van der Waals surface area contributed by atoms with Crippen molar-refractivity contribution < 1.29 is 9.90 Å². The van der Waals surface area contributed by atoms with Crippen LogP contribution in [0, 0.1) is 0 Å². The molecule has 0 saturated carbocycles. The molecular weight excluding hydrogens is 230 g/mol. The van der Waals surface area contributed by atoms with E-state index in [0.29, 0.717) is 6.54 Å². The number of hydrogen-bond acceptors (Lipinski definition) is 3. The molecule has 0 amide bonds. The summed E-state index contributed by atoms with van der Waals surface area (Å²) >= 11 is 0. The zero-order valence-electron chi connectivity index (χ0n) is 10.6. The van der Waals surface area contributed by atoms with Gasteiger partial charge in [0.2, 0.25) is 5.82 Å². The molecule has 0 bridgehead atoms. The number of hydrogen-bond donors (Lipinski definition) is 1. The maximum Gasteiger partial charge on any atom is 0.372 e. The van der Waals surface area contributed by atoms with E-state index < -0.39 is 5.97 Å². The molecule has 5 heteroatoms. The summed E-state index contributed by atoms with van der Waals surface area (Å²) in [5.74, 6) is -0.922. The number of carboxylic acid groups (broad SMARTS) is 1. The van der Waals surface area contributed by atoms with Crippen LogP contribution in [0.25, 0.3) is 5.52 Å². The monoisotopic (exact) mass is 247 g/mol. The van der Waals surface area contributed by atoms with Gasteiger partial charge in [-0.25, -0.2) is 9.78 Å². The summed E-state index contributed by atoms with van der Waals surface area (Å²) in [7, 11) is 0. The van der Waals surface area contributed by atoms with Crippen LogP contribution < -0.4 is 0 Å². The number of imidazole rings is 1. The van der Waals surface area contributed by atoms with Gasteiger partial charge < -0.3 is 5.11 Å². The number of pyridine rings is 1. The van der Waals surface area contributed by atoms with E-state index in [1.165, 1.54) is 0 Å². The van der Waals surface area contributed by atoms with Crippen molar-refractivity contribution in [3.05, 3.63) is 35.9 Å². The van der Waals surface area contributed by atoms with E-state index >= 15 is 0 Å². The molecule has 1 N–H and O–H groups in total. The predicted octanol–water partition coefficient (Wildman–Crippen LogP) is 1.87. The minimum absolute atomic E-state index is 0.0766. The van der Waals surface area contributed by atoms with E-state index in [-0.39, 0.29) is 5.82 Å². The molecule has 18 heavy (non-hydrogen) atoms. The Morgan fingerprint density at radius 1 is 1.39 bits per heavy atom. The molecule has 0 aromatic carbocycles. The first-order chi connectivity index (χ1) is 8.67. The van der Waals surface area contributed by atoms with Crippen LogP contribution in [0.15, 0.2) is 24.4 Å². The van der Waals surface area contributed by atoms with Gasteiger partial charge in [0, 0.05) is 12.7 Å². The third-order valence-corrected chi connectivity index (χ3v) is 3.08. The van der Waals surface area contributed by atoms with E-state index in [0.717, 1.165) is 24.3 Å². The number of nitrogens with zero attached hydrogens (tertiary/aromatic N) is 3. The summed E-state index contributed by atoms with van der Waals surface area (Å²) in [6, 6.07) is 5.61. The van der Waals surface area contributed by atoms with Crippen LogP contribution in [0.4, 0.5) is 0 Å². The molecule has 0 aliphatic rings. The third kappa shape index (κ3) is 2.22. The van der Waals surface area contributed by atoms with Gasteiger partial charge in [-0.05, 0) is 25.2 Å². The Hall–Kier alpha value is -1.88. The third-order valence-electron chi connectivity index (χ3n) is 3.08. The Morgan fingerprint density at radius 2 is 2.11 bits per heavy atom. The largest absolute Gasteiger partial charge is 0.475 e. The first-order valence-corrected chi connectivity index (χ1v) is 6.09. The molecule has 0 aliphatic carbocycles. The lowest BCUT2D eigenvalue weighted by atomic mass is 10.3. The minimum Gasteiger partial charge on any atom is -0.475 e. The summed E-state index contributed by atoms with van der Waals surface area (Å²) in [6.07, 6.45) is 1.73. The number of carboxylic acids is 1. The fourth-order valence-electron chi connectivity index (χ4n) is 2.03.